The van der Waals surface area contributed by atoms with Gasteiger partial charge in [0.05, 0.1) is 17.3 Å². The first kappa shape index (κ1) is 21.1. The molecular formula is C18H24N4O3S3. The maximum Gasteiger partial charge on any atom is 0.233 e. The fourth-order valence-corrected chi connectivity index (χ4v) is 6.52. The first-order chi connectivity index (χ1) is 13.3. The molecule has 0 radical (unpaired) electrons. The van der Waals surface area contributed by atoms with Crippen LogP contribution in [0.15, 0.2) is 22.5 Å². The molecule has 1 atom stereocenters. The van der Waals surface area contributed by atoms with E-state index in [2.05, 4.69) is 41.5 Å². The molecule has 1 N–H and O–H groups in total. The number of nitrogens with zero attached hydrogens (tertiary/aromatic N) is 3. The second kappa shape index (κ2) is 8.79. The molecule has 1 aliphatic rings. The lowest BCUT2D eigenvalue weighted by Gasteiger charge is -2.26. The molecule has 3 rings (SSSR count). The topological polar surface area (TPSA) is 92.3 Å². The standard InChI is InChI=1S/C18H24N4O3S3/c1-4-22(15-7-8-28(24,25)11-15)16(23)10-26-18-21-20-17(27-18)19-14-6-5-12(2)13(3)9-14/h5-6,9,15H,4,7-8,10-11H2,1-3H3,(H,19,20). The quantitative estimate of drug-likeness (QED) is 0.662. The van der Waals surface area contributed by atoms with Crippen molar-refractivity contribution in [1.29, 1.82) is 0 Å². The highest BCUT2D eigenvalue weighted by Gasteiger charge is 2.33. The minimum atomic E-state index is -3.01. The number of benzene rings is 1. The van der Waals surface area contributed by atoms with Crippen LogP contribution in [-0.2, 0) is 14.6 Å². The highest BCUT2D eigenvalue weighted by Crippen LogP contribution is 2.29. The molecule has 0 saturated carbocycles. The van der Waals surface area contributed by atoms with Crippen molar-refractivity contribution in [2.45, 2.75) is 37.6 Å². The lowest BCUT2D eigenvalue weighted by Crippen LogP contribution is -2.41. The summed E-state index contributed by atoms with van der Waals surface area (Å²) in [6.07, 6.45) is 0.523. The first-order valence-corrected chi connectivity index (χ1v) is 12.7. The largest absolute Gasteiger partial charge is 0.338 e. The van der Waals surface area contributed by atoms with Gasteiger partial charge < -0.3 is 10.2 Å². The van der Waals surface area contributed by atoms with Crippen molar-refractivity contribution in [2.24, 2.45) is 0 Å². The van der Waals surface area contributed by atoms with Crippen molar-refractivity contribution in [3.8, 4) is 0 Å². The monoisotopic (exact) mass is 440 g/mol. The van der Waals surface area contributed by atoms with Crippen LogP contribution in [0.25, 0.3) is 0 Å². The lowest BCUT2D eigenvalue weighted by molar-refractivity contribution is -0.129. The number of carbonyl (C=O) groups excluding carboxylic acids is 1. The van der Waals surface area contributed by atoms with E-state index < -0.39 is 9.84 Å². The SMILES string of the molecule is CCN(C(=O)CSc1nnc(Nc2ccc(C)c(C)c2)s1)C1CCS(=O)(=O)C1. The van der Waals surface area contributed by atoms with Gasteiger partial charge in [-0.05, 0) is 50.5 Å². The second-order valence-electron chi connectivity index (χ2n) is 6.82. The fraction of sp³-hybridized carbons (Fsp3) is 0.500. The van der Waals surface area contributed by atoms with Gasteiger partial charge in [0.1, 0.15) is 0 Å². The molecular weight excluding hydrogens is 416 g/mol. The molecule has 152 valence electrons. The molecule has 1 amide bonds. The van der Waals surface area contributed by atoms with Crippen molar-refractivity contribution in [2.75, 3.05) is 29.1 Å². The third kappa shape index (κ3) is 5.24. The zero-order chi connectivity index (χ0) is 20.3. The molecule has 28 heavy (non-hydrogen) atoms. The maximum absolute atomic E-state index is 12.6. The Morgan fingerprint density at radius 3 is 2.75 bits per heavy atom. The van der Waals surface area contributed by atoms with Gasteiger partial charge in [-0.1, -0.05) is 29.2 Å². The van der Waals surface area contributed by atoms with Crippen molar-refractivity contribution in [3.05, 3.63) is 29.3 Å². The predicted molar refractivity (Wildman–Crippen MR) is 114 cm³/mol. The fourth-order valence-electron chi connectivity index (χ4n) is 3.13. The summed E-state index contributed by atoms with van der Waals surface area (Å²) in [5.41, 5.74) is 3.38. The molecule has 1 unspecified atom stereocenters. The summed E-state index contributed by atoms with van der Waals surface area (Å²) >= 11 is 2.73. The van der Waals surface area contributed by atoms with Crippen LogP contribution in [0.4, 0.5) is 10.8 Å². The molecule has 1 aliphatic heterocycles. The summed E-state index contributed by atoms with van der Waals surface area (Å²) in [4.78, 5) is 14.2. The average molecular weight is 441 g/mol. The van der Waals surface area contributed by atoms with Crippen molar-refractivity contribution >= 4 is 49.7 Å². The van der Waals surface area contributed by atoms with Crippen LogP contribution in [0.3, 0.4) is 0 Å². The lowest BCUT2D eigenvalue weighted by atomic mass is 10.1. The van der Waals surface area contributed by atoms with E-state index in [1.807, 2.05) is 13.0 Å². The summed E-state index contributed by atoms with van der Waals surface area (Å²) in [7, 11) is -3.01. The molecule has 1 aromatic carbocycles. The van der Waals surface area contributed by atoms with Crippen LogP contribution in [0.1, 0.15) is 24.5 Å². The summed E-state index contributed by atoms with van der Waals surface area (Å²) in [5.74, 6) is 0.398. The molecule has 0 aliphatic carbocycles. The normalized spacial score (nSPS) is 18.2. The molecule has 0 spiro atoms. The molecule has 2 aromatic rings. The highest BCUT2D eigenvalue weighted by molar-refractivity contribution is 8.01. The predicted octanol–water partition coefficient (Wildman–Crippen LogP) is 3.03. The number of rotatable bonds is 7. The van der Waals surface area contributed by atoms with Crippen LogP contribution in [0.2, 0.25) is 0 Å². The number of nitrogens with one attached hydrogen (secondary N) is 1. The van der Waals surface area contributed by atoms with Crippen LogP contribution in [-0.4, -0.2) is 59.3 Å². The Hall–Kier alpha value is -1.65. The molecule has 1 fully saturated rings. The number of amides is 1. The minimum absolute atomic E-state index is 0.0616. The van der Waals surface area contributed by atoms with Gasteiger partial charge >= 0.3 is 0 Å². The molecule has 1 saturated heterocycles. The van der Waals surface area contributed by atoms with E-state index >= 15 is 0 Å². The van der Waals surface area contributed by atoms with Gasteiger partial charge in [-0.15, -0.1) is 10.2 Å². The molecule has 1 aromatic heterocycles. The Kier molecular flexibility index (Phi) is 6.61. The maximum atomic E-state index is 12.6. The van der Waals surface area contributed by atoms with E-state index in [4.69, 9.17) is 0 Å². The smallest absolute Gasteiger partial charge is 0.233 e. The number of aromatic nitrogens is 2. The van der Waals surface area contributed by atoms with Gasteiger partial charge in [0.2, 0.25) is 11.0 Å². The van der Waals surface area contributed by atoms with Gasteiger partial charge in [-0.2, -0.15) is 0 Å². The summed E-state index contributed by atoms with van der Waals surface area (Å²) in [5, 5.41) is 12.2. The average Bonchev–Trinajstić information content (AvgIpc) is 3.23. The van der Waals surface area contributed by atoms with Gasteiger partial charge in [0.15, 0.2) is 14.2 Å². The Bertz CT molecular complexity index is 959. The third-order valence-corrected chi connectivity index (χ3v) is 8.50. The van der Waals surface area contributed by atoms with E-state index in [1.165, 1.54) is 34.2 Å². The van der Waals surface area contributed by atoms with Crippen LogP contribution in [0, 0.1) is 13.8 Å². The van der Waals surface area contributed by atoms with Gasteiger partial charge in [-0.3, -0.25) is 4.79 Å². The van der Waals surface area contributed by atoms with E-state index in [9.17, 15) is 13.2 Å². The van der Waals surface area contributed by atoms with Crippen molar-refractivity contribution in [1.82, 2.24) is 15.1 Å². The zero-order valence-electron chi connectivity index (χ0n) is 16.1. The number of hydrogen-bond acceptors (Lipinski definition) is 8. The zero-order valence-corrected chi connectivity index (χ0v) is 18.6. The third-order valence-electron chi connectivity index (χ3n) is 4.79. The minimum Gasteiger partial charge on any atom is -0.338 e. The van der Waals surface area contributed by atoms with E-state index in [0.717, 1.165) is 5.69 Å². The number of anilines is 2. The number of sulfone groups is 1. The number of thioether (sulfide) groups is 1. The van der Waals surface area contributed by atoms with Crippen molar-refractivity contribution < 1.29 is 13.2 Å². The number of aryl methyl sites for hydroxylation is 2. The Morgan fingerprint density at radius 1 is 1.32 bits per heavy atom. The van der Waals surface area contributed by atoms with E-state index in [-0.39, 0.29) is 29.2 Å². The van der Waals surface area contributed by atoms with Crippen LogP contribution >= 0.6 is 23.1 Å². The van der Waals surface area contributed by atoms with Gasteiger partial charge in [0.25, 0.3) is 0 Å². The Balaban J connectivity index is 1.56. The molecule has 7 nitrogen and oxygen atoms in total. The number of hydrogen-bond donors (Lipinski definition) is 1. The summed E-state index contributed by atoms with van der Waals surface area (Å²) < 4.78 is 24.1. The van der Waals surface area contributed by atoms with Crippen LogP contribution < -0.4 is 5.32 Å². The van der Waals surface area contributed by atoms with Gasteiger partial charge in [-0.25, -0.2) is 8.42 Å². The second-order valence-corrected chi connectivity index (χ2v) is 11.3. The molecule has 0 bridgehead atoms. The number of carbonyl (C=O) groups is 1. The van der Waals surface area contributed by atoms with E-state index in [1.54, 1.807) is 4.90 Å². The highest BCUT2D eigenvalue weighted by atomic mass is 32.2. The summed E-state index contributed by atoms with van der Waals surface area (Å²) in [6, 6.07) is 5.89. The first-order valence-electron chi connectivity index (χ1n) is 9.08. The molecule has 2 heterocycles. The Morgan fingerprint density at radius 2 is 2.11 bits per heavy atom. The Labute approximate surface area is 173 Å². The van der Waals surface area contributed by atoms with Crippen molar-refractivity contribution in [3.63, 3.8) is 0 Å². The van der Waals surface area contributed by atoms with Gasteiger partial charge in [0, 0.05) is 18.3 Å². The summed E-state index contributed by atoms with van der Waals surface area (Å²) in [6.45, 7) is 6.51. The molecule has 10 heteroatoms. The van der Waals surface area contributed by atoms with Crippen LogP contribution in [0.5, 0.6) is 0 Å². The van der Waals surface area contributed by atoms with E-state index in [0.29, 0.717) is 22.4 Å².